The van der Waals surface area contributed by atoms with Crippen LogP contribution in [0.2, 0.25) is 32.7 Å². The SMILES string of the molecule is C=C(C)C(=O)OC[Si](C)(C)O[Si](C)(C)C.C=CC(=O)O. The molecule has 1 N–H and O–H groups in total. The first kappa shape index (κ1) is 21.1. The molecule has 0 heterocycles. The van der Waals surface area contributed by atoms with Crippen molar-refractivity contribution < 1.29 is 23.5 Å². The van der Waals surface area contributed by atoms with Crippen LogP contribution >= 0.6 is 0 Å². The standard InChI is InChI=1S/C10H22O3Si2.C3H4O2/c1-9(2)10(11)12-8-15(6,7)13-14(3,4)5;1-2-3(4)5/h1,8H2,2-7H3;2H,1H2,(H,4,5). The zero-order chi connectivity index (χ0) is 16.6. The van der Waals surface area contributed by atoms with Gasteiger partial charge in [-0.1, -0.05) is 13.2 Å². The van der Waals surface area contributed by atoms with Gasteiger partial charge in [-0.15, -0.1) is 0 Å². The van der Waals surface area contributed by atoms with Gasteiger partial charge in [0.2, 0.25) is 8.32 Å². The molecule has 0 aliphatic carbocycles. The number of aliphatic carboxylic acids is 1. The lowest BCUT2D eigenvalue weighted by Crippen LogP contribution is -2.46. The molecule has 0 aliphatic heterocycles. The molecule has 0 amide bonds. The van der Waals surface area contributed by atoms with E-state index in [-0.39, 0.29) is 5.97 Å². The zero-order valence-corrected chi connectivity index (χ0v) is 15.3. The Bertz CT molecular complexity index is 369. The summed E-state index contributed by atoms with van der Waals surface area (Å²) in [4.78, 5) is 20.5. The third-order valence-corrected chi connectivity index (χ3v) is 7.16. The number of ether oxygens (including phenoxy) is 1. The first-order valence-electron chi connectivity index (χ1n) is 6.19. The average molecular weight is 319 g/mol. The first-order chi connectivity index (χ1) is 8.80. The number of esters is 1. The van der Waals surface area contributed by atoms with E-state index in [0.717, 1.165) is 6.08 Å². The van der Waals surface area contributed by atoms with Gasteiger partial charge in [0, 0.05) is 11.6 Å². The van der Waals surface area contributed by atoms with Crippen LogP contribution in [0.5, 0.6) is 0 Å². The topological polar surface area (TPSA) is 72.8 Å². The molecule has 0 unspecified atom stereocenters. The summed E-state index contributed by atoms with van der Waals surface area (Å²) < 4.78 is 11.2. The lowest BCUT2D eigenvalue weighted by atomic mass is 10.4. The van der Waals surface area contributed by atoms with Crippen molar-refractivity contribution in [3.63, 3.8) is 0 Å². The fourth-order valence-electron chi connectivity index (χ4n) is 1.22. The highest BCUT2D eigenvalue weighted by atomic mass is 28.4. The first-order valence-corrected chi connectivity index (χ1v) is 12.7. The maximum absolute atomic E-state index is 11.2. The highest BCUT2D eigenvalue weighted by Gasteiger charge is 2.31. The summed E-state index contributed by atoms with van der Waals surface area (Å²) in [6.45, 7) is 18.7. The van der Waals surface area contributed by atoms with Crippen molar-refractivity contribution >= 4 is 28.6 Å². The van der Waals surface area contributed by atoms with Gasteiger partial charge in [-0.2, -0.15) is 0 Å². The molecular weight excluding hydrogens is 292 g/mol. The third kappa shape index (κ3) is 14.9. The van der Waals surface area contributed by atoms with Crippen molar-refractivity contribution in [2.45, 2.75) is 39.7 Å². The Balaban J connectivity index is 0. The summed E-state index contributed by atoms with van der Waals surface area (Å²) in [7, 11) is -3.41. The molecule has 116 valence electrons. The second-order valence-corrected chi connectivity index (χ2v) is 14.7. The minimum atomic E-state index is -1.87. The van der Waals surface area contributed by atoms with Gasteiger partial charge in [-0.3, -0.25) is 0 Å². The van der Waals surface area contributed by atoms with E-state index < -0.39 is 22.6 Å². The van der Waals surface area contributed by atoms with Crippen LogP contribution in [0.15, 0.2) is 24.8 Å². The Morgan fingerprint density at radius 1 is 1.20 bits per heavy atom. The van der Waals surface area contributed by atoms with Gasteiger partial charge in [0.25, 0.3) is 0 Å². The van der Waals surface area contributed by atoms with Crippen LogP contribution in [-0.2, 0) is 18.4 Å². The third-order valence-electron chi connectivity index (χ3n) is 1.66. The molecule has 20 heavy (non-hydrogen) atoms. The van der Waals surface area contributed by atoms with Crippen LogP contribution in [0.1, 0.15) is 6.92 Å². The lowest BCUT2D eigenvalue weighted by molar-refractivity contribution is -0.137. The molecule has 0 aromatic heterocycles. The molecule has 0 aromatic rings. The molecule has 0 fully saturated rings. The molecule has 5 nitrogen and oxygen atoms in total. The Hall–Kier alpha value is -1.19. The average Bonchev–Trinajstić information content (AvgIpc) is 2.23. The summed E-state index contributed by atoms with van der Waals surface area (Å²) in [5.41, 5.74) is 0.438. The smallest absolute Gasteiger partial charge is 0.332 e. The molecule has 0 aromatic carbocycles. The Kier molecular flexibility index (Phi) is 9.38. The van der Waals surface area contributed by atoms with Gasteiger partial charge >= 0.3 is 11.9 Å². The van der Waals surface area contributed by atoms with Gasteiger partial charge < -0.3 is 14.0 Å². The number of carbonyl (C=O) groups excluding carboxylic acids is 1. The van der Waals surface area contributed by atoms with Crippen molar-refractivity contribution in [2.75, 3.05) is 6.23 Å². The van der Waals surface area contributed by atoms with Crippen LogP contribution in [0, 0.1) is 0 Å². The number of hydrogen-bond donors (Lipinski definition) is 1. The van der Waals surface area contributed by atoms with Gasteiger partial charge in [0.15, 0.2) is 8.32 Å². The van der Waals surface area contributed by atoms with Crippen LogP contribution in [0.25, 0.3) is 0 Å². The highest BCUT2D eigenvalue weighted by Crippen LogP contribution is 2.14. The number of carbonyl (C=O) groups is 2. The normalized spacial score (nSPS) is 10.9. The fraction of sp³-hybridized carbons (Fsp3) is 0.538. The van der Waals surface area contributed by atoms with Gasteiger partial charge in [0.1, 0.15) is 6.23 Å². The second-order valence-electron chi connectivity index (χ2n) is 5.87. The fourth-order valence-corrected chi connectivity index (χ4v) is 8.57. The van der Waals surface area contributed by atoms with E-state index >= 15 is 0 Å². The predicted molar refractivity (Wildman–Crippen MR) is 85.5 cm³/mol. The van der Waals surface area contributed by atoms with Crippen molar-refractivity contribution in [1.82, 2.24) is 0 Å². The molecule has 0 rings (SSSR count). The largest absolute Gasteiger partial charge is 0.478 e. The Morgan fingerprint density at radius 3 is 1.85 bits per heavy atom. The van der Waals surface area contributed by atoms with E-state index in [2.05, 4.69) is 45.9 Å². The molecule has 0 saturated carbocycles. The summed E-state index contributed by atoms with van der Waals surface area (Å²) in [6.07, 6.45) is 1.24. The van der Waals surface area contributed by atoms with Crippen LogP contribution < -0.4 is 0 Å². The number of hydrogen-bond acceptors (Lipinski definition) is 4. The summed E-state index contributed by atoms with van der Waals surface area (Å²) in [5, 5.41) is 7.60. The van der Waals surface area contributed by atoms with Crippen molar-refractivity contribution in [1.29, 1.82) is 0 Å². The maximum Gasteiger partial charge on any atom is 0.332 e. The molecule has 7 heteroatoms. The molecule has 0 radical (unpaired) electrons. The zero-order valence-electron chi connectivity index (χ0n) is 13.3. The lowest BCUT2D eigenvalue weighted by Gasteiger charge is -2.30. The Labute approximate surface area is 123 Å². The Morgan fingerprint density at radius 2 is 1.60 bits per heavy atom. The van der Waals surface area contributed by atoms with E-state index in [0.29, 0.717) is 11.8 Å². The van der Waals surface area contributed by atoms with E-state index in [4.69, 9.17) is 14.0 Å². The van der Waals surface area contributed by atoms with Gasteiger partial charge in [-0.05, 0) is 39.7 Å². The van der Waals surface area contributed by atoms with E-state index in [1.807, 2.05) is 0 Å². The predicted octanol–water partition coefficient (Wildman–Crippen LogP) is 2.96. The number of carboxylic acids is 1. The quantitative estimate of drug-likeness (QED) is 0.463. The summed E-state index contributed by atoms with van der Waals surface area (Å²) in [5.74, 6) is -1.31. The van der Waals surface area contributed by atoms with E-state index in [9.17, 15) is 9.59 Å². The maximum atomic E-state index is 11.2. The van der Waals surface area contributed by atoms with Crippen LogP contribution in [0.4, 0.5) is 0 Å². The molecular formula is C13H26O5Si2. The molecule has 0 bridgehead atoms. The van der Waals surface area contributed by atoms with E-state index in [1.54, 1.807) is 6.92 Å². The molecule has 0 aliphatic rings. The second kappa shape index (κ2) is 8.88. The van der Waals surface area contributed by atoms with Gasteiger partial charge in [0.05, 0.1) is 0 Å². The molecule has 0 saturated heterocycles. The van der Waals surface area contributed by atoms with Crippen LogP contribution in [0.3, 0.4) is 0 Å². The summed E-state index contributed by atoms with van der Waals surface area (Å²) in [6, 6.07) is 0. The number of carboxylic acid groups (broad SMARTS) is 1. The monoisotopic (exact) mass is 318 g/mol. The van der Waals surface area contributed by atoms with Crippen molar-refractivity contribution in [2.24, 2.45) is 0 Å². The minimum Gasteiger partial charge on any atom is -0.478 e. The van der Waals surface area contributed by atoms with Crippen molar-refractivity contribution in [3.8, 4) is 0 Å². The van der Waals surface area contributed by atoms with Crippen molar-refractivity contribution in [3.05, 3.63) is 24.8 Å². The number of rotatable bonds is 6. The minimum absolute atomic E-state index is 0.324. The molecule has 0 spiro atoms. The van der Waals surface area contributed by atoms with Gasteiger partial charge in [-0.25, -0.2) is 9.59 Å². The molecule has 0 atom stereocenters. The highest BCUT2D eigenvalue weighted by molar-refractivity contribution is 6.84. The summed E-state index contributed by atoms with van der Waals surface area (Å²) >= 11 is 0. The van der Waals surface area contributed by atoms with E-state index in [1.165, 1.54) is 0 Å². The van der Waals surface area contributed by atoms with Crippen LogP contribution in [-0.4, -0.2) is 39.9 Å².